The first-order valence-corrected chi connectivity index (χ1v) is 5.30. The zero-order valence-corrected chi connectivity index (χ0v) is 12.6. The lowest BCUT2D eigenvalue weighted by molar-refractivity contribution is 0.0134. The minimum atomic E-state index is 0. The van der Waals surface area contributed by atoms with E-state index in [0.29, 0.717) is 0 Å². The molecule has 1 rings (SSSR count). The Balaban J connectivity index is 0. The molecule has 0 radical (unpaired) electrons. The Hall–Kier alpha value is 0.660. The number of nitrogens with zero attached hydrogens (tertiary/aromatic N) is 1. The summed E-state index contributed by atoms with van der Waals surface area (Å²) in [5.41, 5.74) is 8.45. The molecule has 0 aromatic rings. The van der Waals surface area contributed by atoms with E-state index in [-0.39, 0.29) is 39.1 Å². The lowest BCUT2D eigenvalue weighted by atomic mass is 10.5. The first kappa shape index (κ1) is 18.0. The first-order chi connectivity index (χ1) is 6.29. The van der Waals surface area contributed by atoms with Crippen LogP contribution in [-0.2, 0) is 4.74 Å². The minimum Gasteiger partial charge on any atom is -0.379 e. The summed E-state index contributed by atoms with van der Waals surface area (Å²) in [4.78, 5) is 0. The number of hydrogen-bond acceptors (Lipinski definition) is 5. The van der Waals surface area contributed by atoms with Gasteiger partial charge in [0.05, 0.1) is 13.2 Å². The van der Waals surface area contributed by atoms with Gasteiger partial charge in [-0.2, -0.15) is 0 Å². The number of halogens is 2. The normalized spacial score (nSPS) is 16.3. The van der Waals surface area contributed by atoms with Crippen LogP contribution in [0.4, 0.5) is 0 Å². The summed E-state index contributed by atoms with van der Waals surface area (Å²) in [7, 11) is 0. The zero-order valence-electron chi connectivity index (χ0n) is 8.40. The molecule has 92 valence electrons. The number of hydrazine groups is 1. The quantitative estimate of drug-likeness (QED) is 0.386. The largest absolute Gasteiger partial charge is 0.379 e. The van der Waals surface area contributed by atoms with E-state index in [2.05, 4.69) is 10.4 Å². The van der Waals surface area contributed by atoms with Gasteiger partial charge in [-0.3, -0.25) is 10.8 Å². The van der Waals surface area contributed by atoms with E-state index in [1.54, 1.807) is 0 Å². The maximum absolute atomic E-state index is 7.00. The van der Waals surface area contributed by atoms with Gasteiger partial charge in [0.1, 0.15) is 0 Å². The van der Waals surface area contributed by atoms with Crippen LogP contribution in [-0.4, -0.2) is 48.8 Å². The van der Waals surface area contributed by atoms with Gasteiger partial charge in [0.2, 0.25) is 0 Å². The van der Waals surface area contributed by atoms with E-state index in [4.69, 9.17) is 15.9 Å². The summed E-state index contributed by atoms with van der Waals surface area (Å²) in [6.45, 7) is 4.32. The molecule has 1 fully saturated rings. The van der Waals surface area contributed by atoms with Gasteiger partial charge in [-0.15, -0.1) is 34.0 Å². The highest BCUT2D eigenvalue weighted by atomic mass is 79.9. The summed E-state index contributed by atoms with van der Waals surface area (Å²) in [6, 6.07) is 0. The van der Waals surface area contributed by atoms with Crippen LogP contribution in [0.25, 0.3) is 0 Å². The van der Waals surface area contributed by atoms with Gasteiger partial charge >= 0.3 is 0 Å². The number of morpholine rings is 1. The van der Waals surface area contributed by atoms with Crippen LogP contribution in [0.2, 0.25) is 0 Å². The second-order valence-electron chi connectivity index (χ2n) is 2.72. The predicted molar refractivity (Wildman–Crippen MR) is 75.4 cm³/mol. The molecule has 1 saturated heterocycles. The molecule has 0 atom stereocenters. The van der Waals surface area contributed by atoms with E-state index < -0.39 is 0 Å². The number of ether oxygens (including phenoxy) is 1. The number of nitrogens with two attached hydrogens (primary N) is 1. The van der Waals surface area contributed by atoms with Crippen molar-refractivity contribution in [3.63, 3.8) is 0 Å². The van der Waals surface area contributed by atoms with Crippen LogP contribution in [0.3, 0.4) is 0 Å². The molecule has 0 aliphatic carbocycles. The third kappa shape index (κ3) is 9.58. The van der Waals surface area contributed by atoms with E-state index in [9.17, 15) is 0 Å². The molecule has 5 nitrogen and oxygen atoms in total. The maximum Gasteiger partial charge on any atom is 0.151 e. The molecule has 4 N–H and O–H groups in total. The molecule has 1 aliphatic rings. The van der Waals surface area contributed by atoms with Gasteiger partial charge in [0, 0.05) is 25.4 Å². The smallest absolute Gasteiger partial charge is 0.151 e. The van der Waals surface area contributed by atoms with Crippen LogP contribution < -0.4 is 11.2 Å². The van der Waals surface area contributed by atoms with Crippen molar-refractivity contribution in [2.24, 2.45) is 5.73 Å². The van der Waals surface area contributed by atoms with Crippen molar-refractivity contribution in [2.75, 3.05) is 38.6 Å². The molecular formula is C7H18Br2N4OS. The third-order valence-electron chi connectivity index (χ3n) is 1.71. The van der Waals surface area contributed by atoms with Gasteiger partial charge in [-0.25, -0.2) is 5.01 Å². The molecular weight excluding hydrogens is 348 g/mol. The topological polar surface area (TPSA) is 74.4 Å². The fourth-order valence-corrected chi connectivity index (χ4v) is 1.50. The fraction of sp³-hybridized carbons (Fsp3) is 0.857. The summed E-state index contributed by atoms with van der Waals surface area (Å²) in [5.74, 6) is 0.840. The highest BCUT2D eigenvalue weighted by Gasteiger charge is 2.08. The molecule has 0 aromatic carbocycles. The molecule has 0 amide bonds. The summed E-state index contributed by atoms with van der Waals surface area (Å²) in [5, 5.41) is 9.32. The standard InChI is InChI=1S/C7H16N4OS.2BrH/c8-7(9)13-6-1-10-11-2-4-12-5-3-11;;/h10H,1-6H2,(H3,8,9);2*1H. The van der Waals surface area contributed by atoms with Crippen molar-refractivity contribution in [3.05, 3.63) is 0 Å². The Morgan fingerprint density at radius 3 is 2.53 bits per heavy atom. The van der Waals surface area contributed by atoms with Crippen molar-refractivity contribution in [2.45, 2.75) is 0 Å². The van der Waals surface area contributed by atoms with Gasteiger partial charge in [0.25, 0.3) is 0 Å². The Bertz CT molecular complexity index is 169. The second kappa shape index (κ2) is 11.2. The number of nitrogens with one attached hydrogen (secondary N) is 2. The van der Waals surface area contributed by atoms with Crippen LogP contribution >= 0.6 is 45.7 Å². The number of amidine groups is 1. The van der Waals surface area contributed by atoms with Gasteiger partial charge in [-0.05, 0) is 0 Å². The van der Waals surface area contributed by atoms with Crippen LogP contribution in [0.15, 0.2) is 0 Å². The molecule has 0 aromatic heterocycles. The van der Waals surface area contributed by atoms with Crippen LogP contribution in [0, 0.1) is 5.41 Å². The molecule has 8 heteroatoms. The lowest BCUT2D eigenvalue weighted by Crippen LogP contribution is -2.46. The van der Waals surface area contributed by atoms with E-state index in [1.807, 2.05) is 0 Å². The minimum absolute atomic E-state index is 0. The summed E-state index contributed by atoms with van der Waals surface area (Å²) >= 11 is 1.36. The van der Waals surface area contributed by atoms with Crippen LogP contribution in [0.1, 0.15) is 0 Å². The molecule has 0 saturated carbocycles. The van der Waals surface area contributed by atoms with Crippen molar-refractivity contribution >= 4 is 50.9 Å². The fourth-order valence-electron chi connectivity index (χ4n) is 1.09. The molecule has 0 spiro atoms. The maximum atomic E-state index is 7.00. The lowest BCUT2D eigenvalue weighted by Gasteiger charge is -2.27. The Morgan fingerprint density at radius 1 is 1.40 bits per heavy atom. The highest BCUT2D eigenvalue weighted by Crippen LogP contribution is 1.96. The summed E-state index contributed by atoms with van der Waals surface area (Å²) < 4.78 is 5.20. The third-order valence-corrected chi connectivity index (χ3v) is 2.43. The SMILES string of the molecule is Br.Br.N=C(N)SCCNN1CCOCC1. The van der Waals surface area contributed by atoms with E-state index in [1.165, 1.54) is 11.8 Å². The molecule has 1 heterocycles. The highest BCUT2D eigenvalue weighted by molar-refractivity contribution is 8.93. The monoisotopic (exact) mass is 364 g/mol. The number of rotatable bonds is 4. The van der Waals surface area contributed by atoms with Gasteiger partial charge < -0.3 is 10.5 Å². The Labute approximate surface area is 115 Å². The van der Waals surface area contributed by atoms with Crippen molar-refractivity contribution in [1.82, 2.24) is 10.4 Å². The van der Waals surface area contributed by atoms with Crippen molar-refractivity contribution in [1.29, 1.82) is 5.41 Å². The Kier molecular flexibility index (Phi) is 13.4. The predicted octanol–water partition coefficient (Wildman–Crippen LogP) is 0.606. The van der Waals surface area contributed by atoms with Crippen LogP contribution in [0.5, 0.6) is 0 Å². The number of hydrogen-bond donors (Lipinski definition) is 3. The average molecular weight is 366 g/mol. The molecule has 15 heavy (non-hydrogen) atoms. The summed E-state index contributed by atoms with van der Waals surface area (Å²) in [6.07, 6.45) is 0. The second-order valence-corrected chi connectivity index (χ2v) is 3.86. The van der Waals surface area contributed by atoms with Crippen molar-refractivity contribution in [3.8, 4) is 0 Å². The van der Waals surface area contributed by atoms with Crippen molar-refractivity contribution < 1.29 is 4.74 Å². The molecule has 0 bridgehead atoms. The first-order valence-electron chi connectivity index (χ1n) is 4.32. The van der Waals surface area contributed by atoms with E-state index in [0.717, 1.165) is 38.6 Å². The molecule has 1 aliphatic heterocycles. The molecule has 0 unspecified atom stereocenters. The van der Waals surface area contributed by atoms with E-state index >= 15 is 0 Å². The Morgan fingerprint density at radius 2 is 2.00 bits per heavy atom. The zero-order chi connectivity index (χ0) is 9.52. The average Bonchev–Trinajstić information content (AvgIpc) is 2.14. The van der Waals surface area contributed by atoms with Gasteiger partial charge in [0.15, 0.2) is 5.17 Å². The number of thioether (sulfide) groups is 1. The van der Waals surface area contributed by atoms with Gasteiger partial charge in [-0.1, -0.05) is 11.8 Å².